The van der Waals surface area contributed by atoms with Crippen LogP contribution in [0.3, 0.4) is 0 Å². The van der Waals surface area contributed by atoms with Crippen molar-refractivity contribution >= 4 is 27.5 Å². The fraction of sp³-hybridized carbons (Fsp3) is 0.833. The zero-order chi connectivity index (χ0) is 6.73. The quantitative estimate of drug-likeness (QED) is 0.710. The molecule has 0 heterocycles. The predicted molar refractivity (Wildman–Crippen MR) is 37.6 cm³/mol. The number of rotatable bonds is 2. The molecule has 0 aromatic heterocycles. The van der Waals surface area contributed by atoms with Crippen LogP contribution in [0.1, 0.15) is 13.8 Å². The van der Waals surface area contributed by atoms with Gasteiger partial charge in [-0.15, -0.1) is 0 Å². The summed E-state index contributed by atoms with van der Waals surface area (Å²) in [5.41, 5.74) is 0. The molecule has 8 heavy (non-hydrogen) atoms. The first-order chi connectivity index (χ1) is 3.55. The van der Waals surface area contributed by atoms with Crippen molar-refractivity contribution in [3.8, 4) is 0 Å². The van der Waals surface area contributed by atoms with Crippen molar-refractivity contribution in [2.24, 2.45) is 0 Å². The van der Waals surface area contributed by atoms with E-state index in [4.69, 9.17) is 0 Å². The molecule has 1 atom stereocenters. The topological polar surface area (TPSA) is 17.1 Å². The van der Waals surface area contributed by atoms with Crippen LogP contribution in [0.5, 0.6) is 0 Å². The third-order valence-electron chi connectivity index (χ3n) is 1.36. The van der Waals surface area contributed by atoms with Crippen LogP contribution in [0.25, 0.3) is 0 Å². The van der Waals surface area contributed by atoms with Crippen molar-refractivity contribution in [1.82, 2.24) is 0 Å². The van der Waals surface area contributed by atoms with Gasteiger partial charge in [0.25, 0.3) is 0 Å². The molecule has 0 radical (unpaired) electrons. The van der Waals surface area contributed by atoms with Gasteiger partial charge in [-0.05, 0) is 0 Å². The van der Waals surface area contributed by atoms with Gasteiger partial charge in [0.2, 0.25) is 0 Å². The summed E-state index contributed by atoms with van der Waals surface area (Å²) in [7, 11) is 0. The molecule has 48 valence electrons. The van der Waals surface area contributed by atoms with Gasteiger partial charge in [-0.3, -0.25) is 0 Å². The molecule has 0 spiro atoms. The molecule has 1 unspecified atom stereocenters. The third-order valence-corrected chi connectivity index (χ3v) is 8.80. The number of hydrogen-bond acceptors (Lipinski definition) is 1. The Morgan fingerprint density at radius 2 is 1.88 bits per heavy atom. The number of hydrogen-bond donors (Lipinski definition) is 0. The van der Waals surface area contributed by atoms with Crippen LogP contribution >= 0.6 is 0 Å². The van der Waals surface area contributed by atoms with E-state index in [-0.39, 0.29) is 0 Å². The predicted octanol–water partition coefficient (Wildman–Crippen LogP) is 1.72. The minimum absolute atomic E-state index is 0.382. The molecule has 0 saturated carbocycles. The van der Waals surface area contributed by atoms with E-state index in [0.717, 1.165) is 0 Å². The van der Waals surface area contributed by atoms with Gasteiger partial charge in [0.1, 0.15) is 0 Å². The van der Waals surface area contributed by atoms with Gasteiger partial charge in [0.15, 0.2) is 0 Å². The standard InChI is InChI=1S/C4H7O.2CH3.Bi/c1-3-4(2)5;;;/h3H,1-2H3;2*1H3;. The number of Topliss-reactive ketones (excluding diaryl/α,β-unsaturated/α-hetero) is 1. The molecule has 0 rings (SSSR count). The van der Waals surface area contributed by atoms with E-state index in [9.17, 15) is 4.79 Å². The Kier molecular flexibility index (Phi) is 3.80. The van der Waals surface area contributed by atoms with Gasteiger partial charge in [0, 0.05) is 0 Å². The number of ketones is 1. The Balaban J connectivity index is 3.64. The van der Waals surface area contributed by atoms with Crippen LogP contribution in [-0.2, 0) is 4.79 Å². The summed E-state index contributed by atoms with van der Waals surface area (Å²) >= 11 is -1.22. The van der Waals surface area contributed by atoms with Gasteiger partial charge in [-0.2, -0.15) is 0 Å². The third kappa shape index (κ3) is 2.76. The van der Waals surface area contributed by atoms with Crippen LogP contribution in [0.4, 0.5) is 0 Å². The zero-order valence-electron chi connectivity index (χ0n) is 5.93. The summed E-state index contributed by atoms with van der Waals surface area (Å²) < 4.78 is 4.97. The van der Waals surface area contributed by atoms with Crippen molar-refractivity contribution in [2.75, 3.05) is 0 Å². The van der Waals surface area contributed by atoms with E-state index >= 15 is 0 Å². The van der Waals surface area contributed by atoms with Gasteiger partial charge in [0.05, 0.1) is 0 Å². The molecule has 0 amide bonds. The molecule has 0 aromatic rings. The summed E-state index contributed by atoms with van der Waals surface area (Å²) in [5, 5.41) is 0. The Labute approximate surface area is 59.1 Å². The summed E-state index contributed by atoms with van der Waals surface area (Å²) in [4.78, 5) is 10.6. The summed E-state index contributed by atoms with van der Waals surface area (Å²) in [6.45, 7) is 3.75. The summed E-state index contributed by atoms with van der Waals surface area (Å²) in [6.07, 6.45) is 0. The first-order valence-electron chi connectivity index (χ1n) is 2.72. The maximum absolute atomic E-state index is 10.6. The molecule has 0 aliphatic rings. The fourth-order valence-electron chi connectivity index (χ4n) is 0.364. The molecule has 0 aromatic carbocycles. The summed E-state index contributed by atoms with van der Waals surface area (Å²) in [6, 6.07) is 0. The van der Waals surface area contributed by atoms with E-state index in [1.54, 1.807) is 6.92 Å². The molecular weight excluding hydrogens is 297 g/mol. The monoisotopic (exact) mass is 310 g/mol. The average molecular weight is 310 g/mol. The van der Waals surface area contributed by atoms with Gasteiger partial charge in [-0.25, -0.2) is 0 Å². The summed E-state index contributed by atoms with van der Waals surface area (Å²) in [5.74, 6) is 0.382. The number of carbonyl (C=O) groups excluding carboxylic acids is 1. The maximum atomic E-state index is 10.6. The molecule has 0 fully saturated rings. The molecule has 0 aliphatic carbocycles. The van der Waals surface area contributed by atoms with Gasteiger partial charge < -0.3 is 0 Å². The molecular formula is C6H13BiO. The first kappa shape index (κ1) is 8.55. The second-order valence-electron chi connectivity index (χ2n) is 2.25. The molecule has 0 saturated heterocycles. The van der Waals surface area contributed by atoms with E-state index < -0.39 is 21.8 Å². The van der Waals surface area contributed by atoms with Crippen LogP contribution in [0.15, 0.2) is 0 Å². The van der Waals surface area contributed by atoms with Gasteiger partial charge in [-0.1, -0.05) is 0 Å². The molecule has 2 heteroatoms. The van der Waals surface area contributed by atoms with Crippen LogP contribution in [-0.4, -0.2) is 27.5 Å². The SMILES string of the molecule is CC(=O)[CH](C)[Bi]([CH3])[CH3]. The molecule has 0 bridgehead atoms. The zero-order valence-corrected chi connectivity index (χ0v) is 9.41. The van der Waals surface area contributed by atoms with E-state index in [1.807, 2.05) is 0 Å². The second-order valence-corrected chi connectivity index (χ2v) is 12.8. The fourth-order valence-corrected chi connectivity index (χ4v) is 3.19. The van der Waals surface area contributed by atoms with E-state index in [0.29, 0.717) is 9.41 Å². The number of carbonyl (C=O) groups is 1. The average Bonchev–Trinajstić information content (AvgIpc) is 1.64. The van der Waals surface area contributed by atoms with Crippen LogP contribution < -0.4 is 0 Å². The van der Waals surface area contributed by atoms with Crippen molar-refractivity contribution in [3.63, 3.8) is 0 Å². The van der Waals surface area contributed by atoms with Crippen molar-refractivity contribution in [2.45, 2.75) is 26.7 Å². The van der Waals surface area contributed by atoms with Crippen molar-refractivity contribution in [1.29, 1.82) is 0 Å². The van der Waals surface area contributed by atoms with Crippen molar-refractivity contribution < 1.29 is 4.79 Å². The molecule has 0 N–H and O–H groups in total. The van der Waals surface area contributed by atoms with Crippen LogP contribution in [0.2, 0.25) is 12.9 Å². The van der Waals surface area contributed by atoms with Crippen LogP contribution in [0, 0.1) is 0 Å². The second kappa shape index (κ2) is 3.55. The normalized spacial score (nSPS) is 14.1. The Bertz CT molecular complexity index is 88.5. The Hall–Kier alpha value is 0.553. The Morgan fingerprint density at radius 3 is 1.88 bits per heavy atom. The van der Waals surface area contributed by atoms with E-state index in [2.05, 4.69) is 16.2 Å². The first-order valence-corrected chi connectivity index (χ1v) is 11.7. The van der Waals surface area contributed by atoms with Gasteiger partial charge >= 0.3 is 59.1 Å². The minimum atomic E-state index is -1.22. The van der Waals surface area contributed by atoms with E-state index in [1.165, 1.54) is 0 Å². The molecule has 1 nitrogen and oxygen atoms in total. The Morgan fingerprint density at radius 1 is 1.50 bits per heavy atom. The molecule has 0 aliphatic heterocycles. The van der Waals surface area contributed by atoms with Crippen molar-refractivity contribution in [3.05, 3.63) is 0 Å².